The number of aromatic nitrogens is 2. The van der Waals surface area contributed by atoms with E-state index in [0.29, 0.717) is 39.4 Å². The van der Waals surface area contributed by atoms with E-state index in [1.165, 1.54) is 57.7 Å². The molecule has 0 spiro atoms. The van der Waals surface area contributed by atoms with Gasteiger partial charge in [-0.25, -0.2) is 12.8 Å². The number of rotatable bonds is 9. The molecule has 0 bridgehead atoms. The lowest BCUT2D eigenvalue weighted by Crippen LogP contribution is -2.35. The van der Waals surface area contributed by atoms with Crippen molar-refractivity contribution in [2.75, 3.05) is 25.0 Å². The lowest BCUT2D eigenvalue weighted by molar-refractivity contribution is 0.101. The predicted octanol–water partition coefficient (Wildman–Crippen LogP) is 4.44. The molecule has 2 aromatic carbocycles. The van der Waals surface area contributed by atoms with E-state index in [1.807, 2.05) is 0 Å². The minimum atomic E-state index is -3.52. The molecule has 2 heterocycles. The molecule has 7 nitrogen and oxygen atoms in total. The Morgan fingerprint density at radius 1 is 1.06 bits per heavy atom. The molecule has 1 aromatic heterocycles. The predicted molar refractivity (Wildman–Crippen MR) is 128 cm³/mol. The first-order valence-corrected chi connectivity index (χ1v) is 13.7. The van der Waals surface area contributed by atoms with Gasteiger partial charge in [-0.2, -0.15) is 4.31 Å². The van der Waals surface area contributed by atoms with E-state index >= 15 is 0 Å². The normalized spacial score (nSPS) is 14.8. The lowest BCUT2D eigenvalue weighted by atomic mass is 10.1. The molecule has 4 rings (SSSR count). The number of halogens is 1. The maximum atomic E-state index is 13.7. The van der Waals surface area contributed by atoms with Crippen LogP contribution in [0.2, 0.25) is 0 Å². The second-order valence-corrected chi connectivity index (χ2v) is 11.7. The van der Waals surface area contributed by atoms with Gasteiger partial charge < -0.3 is 5.32 Å². The maximum Gasteiger partial charge on any atom is 0.243 e. The summed E-state index contributed by atoms with van der Waals surface area (Å²) in [5.74, 6) is -0.00620. The number of carbonyl (C=O) groups is 1. The molecule has 0 unspecified atom stereocenters. The largest absolute Gasteiger partial charge is 0.353 e. The number of carbonyl (C=O) groups excluding carboxylic acids is 1. The summed E-state index contributed by atoms with van der Waals surface area (Å²) in [6, 6.07) is 12.6. The number of benzene rings is 2. The summed E-state index contributed by atoms with van der Waals surface area (Å²) in [5.41, 5.74) is 1.01. The van der Waals surface area contributed by atoms with Crippen LogP contribution < -0.4 is 5.32 Å². The van der Waals surface area contributed by atoms with Gasteiger partial charge in [0, 0.05) is 24.4 Å². The van der Waals surface area contributed by atoms with Crippen molar-refractivity contribution in [1.82, 2.24) is 14.5 Å². The minimum absolute atomic E-state index is 0.00480. The molecule has 0 aliphatic carbocycles. The maximum absolute atomic E-state index is 13.7. The monoisotopic (exact) mass is 506 g/mol. The molecule has 0 atom stereocenters. The number of ketones is 1. The molecule has 1 N–H and O–H groups in total. The van der Waals surface area contributed by atoms with Gasteiger partial charge in [0.25, 0.3) is 0 Å². The van der Waals surface area contributed by atoms with Crippen LogP contribution in [-0.4, -0.2) is 48.3 Å². The number of anilines is 1. The molecule has 1 aliphatic heterocycles. The smallest absolute Gasteiger partial charge is 0.243 e. The van der Waals surface area contributed by atoms with Gasteiger partial charge in [0.15, 0.2) is 10.1 Å². The summed E-state index contributed by atoms with van der Waals surface area (Å²) in [6.45, 7) is 1.08. The van der Waals surface area contributed by atoms with Crippen LogP contribution in [0.25, 0.3) is 0 Å². The average molecular weight is 507 g/mol. The van der Waals surface area contributed by atoms with Gasteiger partial charge in [-0.3, -0.25) is 4.79 Å². The van der Waals surface area contributed by atoms with E-state index in [0.717, 1.165) is 19.3 Å². The Morgan fingerprint density at radius 3 is 2.52 bits per heavy atom. The summed E-state index contributed by atoms with van der Waals surface area (Å²) >= 11 is 2.66. The summed E-state index contributed by atoms with van der Waals surface area (Å²) in [4.78, 5) is 12.7. The minimum Gasteiger partial charge on any atom is -0.353 e. The summed E-state index contributed by atoms with van der Waals surface area (Å²) in [6.07, 6.45) is 2.79. The van der Waals surface area contributed by atoms with Crippen LogP contribution in [0.4, 0.5) is 9.52 Å². The lowest BCUT2D eigenvalue weighted by Gasteiger charge is -2.25. The zero-order valence-corrected chi connectivity index (χ0v) is 20.2. The third-order valence-electron chi connectivity index (χ3n) is 5.24. The van der Waals surface area contributed by atoms with Crippen molar-refractivity contribution < 1.29 is 17.6 Å². The number of Topliss-reactive ketones (excluding diaryl/α,β-unsaturated/α-hetero) is 1. The Labute approximate surface area is 200 Å². The van der Waals surface area contributed by atoms with Crippen molar-refractivity contribution in [1.29, 1.82) is 0 Å². The number of piperidine rings is 1. The molecule has 3 aromatic rings. The van der Waals surface area contributed by atoms with Gasteiger partial charge in [-0.05, 0) is 48.7 Å². The Morgan fingerprint density at radius 2 is 1.79 bits per heavy atom. The van der Waals surface area contributed by atoms with Crippen LogP contribution in [0.3, 0.4) is 0 Å². The summed E-state index contributed by atoms with van der Waals surface area (Å²) in [5, 5.41) is 11.5. The third kappa shape index (κ3) is 5.97. The highest BCUT2D eigenvalue weighted by Crippen LogP contribution is 2.29. The fourth-order valence-corrected chi connectivity index (χ4v) is 6.67. The van der Waals surface area contributed by atoms with Crippen LogP contribution in [0.5, 0.6) is 0 Å². The van der Waals surface area contributed by atoms with Crippen molar-refractivity contribution >= 4 is 44.0 Å². The first-order chi connectivity index (χ1) is 15.9. The zero-order valence-electron chi connectivity index (χ0n) is 17.7. The molecule has 0 amide bonds. The van der Waals surface area contributed by atoms with E-state index in [9.17, 15) is 17.6 Å². The standard InChI is InChI=1S/C22H23FN4O3S3/c23-19-7-3-2-6-17(19)15-31-22-26-25-21(32-22)24-14-20(28)16-8-10-18(11-9-16)33(29,30)27-12-4-1-5-13-27/h2-3,6-11H,1,4-5,12-15H2,(H,24,25). The molecule has 0 saturated carbocycles. The Balaban J connectivity index is 1.30. The first kappa shape index (κ1) is 23.8. The molecule has 1 aliphatic rings. The summed E-state index contributed by atoms with van der Waals surface area (Å²) in [7, 11) is -3.52. The van der Waals surface area contributed by atoms with Crippen LogP contribution in [0.15, 0.2) is 57.8 Å². The molecule has 33 heavy (non-hydrogen) atoms. The van der Waals surface area contributed by atoms with Gasteiger partial charge in [-0.1, -0.05) is 47.7 Å². The quantitative estimate of drug-likeness (QED) is 0.339. The van der Waals surface area contributed by atoms with Gasteiger partial charge in [0.05, 0.1) is 11.4 Å². The van der Waals surface area contributed by atoms with Crippen molar-refractivity contribution in [3.63, 3.8) is 0 Å². The molecule has 1 fully saturated rings. The van der Waals surface area contributed by atoms with Gasteiger partial charge in [0.1, 0.15) is 5.82 Å². The summed E-state index contributed by atoms with van der Waals surface area (Å²) < 4.78 is 41.4. The van der Waals surface area contributed by atoms with E-state index in [4.69, 9.17) is 0 Å². The Bertz CT molecular complexity index is 1210. The van der Waals surface area contributed by atoms with Crippen molar-refractivity contribution in [2.45, 2.75) is 34.3 Å². The highest BCUT2D eigenvalue weighted by Gasteiger charge is 2.26. The molecular weight excluding hydrogens is 483 g/mol. The van der Waals surface area contributed by atoms with Crippen molar-refractivity contribution in [3.8, 4) is 0 Å². The molecule has 1 saturated heterocycles. The number of thioether (sulfide) groups is 1. The topological polar surface area (TPSA) is 92.3 Å². The van der Waals surface area contributed by atoms with Crippen LogP contribution in [0, 0.1) is 5.82 Å². The van der Waals surface area contributed by atoms with Gasteiger partial charge in [-0.15, -0.1) is 10.2 Å². The van der Waals surface area contributed by atoms with E-state index in [1.54, 1.807) is 18.2 Å². The Kier molecular flexibility index (Phi) is 7.74. The van der Waals surface area contributed by atoms with Crippen LogP contribution in [-0.2, 0) is 15.8 Å². The number of hydrogen-bond donors (Lipinski definition) is 1. The highest BCUT2D eigenvalue weighted by atomic mass is 32.2. The molecule has 174 valence electrons. The van der Waals surface area contributed by atoms with Crippen LogP contribution >= 0.6 is 23.1 Å². The third-order valence-corrected chi connectivity index (χ3v) is 9.22. The first-order valence-electron chi connectivity index (χ1n) is 10.5. The molecular formula is C22H23FN4O3S3. The second-order valence-electron chi connectivity index (χ2n) is 7.52. The Hall–Kier alpha value is -2.34. The zero-order chi connectivity index (χ0) is 23.3. The van der Waals surface area contributed by atoms with Crippen LogP contribution in [0.1, 0.15) is 35.2 Å². The number of hydrogen-bond acceptors (Lipinski definition) is 8. The van der Waals surface area contributed by atoms with Gasteiger partial charge >= 0.3 is 0 Å². The number of sulfonamides is 1. The highest BCUT2D eigenvalue weighted by molar-refractivity contribution is 8.00. The van der Waals surface area contributed by atoms with E-state index in [-0.39, 0.29) is 23.0 Å². The molecule has 11 heteroatoms. The van der Waals surface area contributed by atoms with E-state index in [2.05, 4.69) is 15.5 Å². The number of nitrogens with zero attached hydrogens (tertiary/aromatic N) is 3. The molecule has 0 radical (unpaired) electrons. The van der Waals surface area contributed by atoms with E-state index < -0.39 is 10.0 Å². The fourth-order valence-electron chi connectivity index (χ4n) is 3.42. The number of nitrogens with one attached hydrogen (secondary N) is 1. The van der Waals surface area contributed by atoms with Gasteiger partial charge in [0.2, 0.25) is 15.2 Å². The average Bonchev–Trinajstić information content (AvgIpc) is 3.30. The van der Waals surface area contributed by atoms with Crippen molar-refractivity contribution in [3.05, 3.63) is 65.5 Å². The fraction of sp³-hybridized carbons (Fsp3) is 0.318. The second kappa shape index (κ2) is 10.7. The van der Waals surface area contributed by atoms with Crippen molar-refractivity contribution in [2.24, 2.45) is 0 Å². The SMILES string of the molecule is O=C(CNc1nnc(SCc2ccccc2F)s1)c1ccc(S(=O)(=O)N2CCCCC2)cc1.